The van der Waals surface area contributed by atoms with Crippen LogP contribution in [0, 0.1) is 5.92 Å². The van der Waals surface area contributed by atoms with Crippen LogP contribution < -0.4 is 5.32 Å². The van der Waals surface area contributed by atoms with E-state index in [-0.39, 0.29) is 18.1 Å². The van der Waals surface area contributed by atoms with Crippen molar-refractivity contribution in [2.75, 3.05) is 20.2 Å². The van der Waals surface area contributed by atoms with Gasteiger partial charge in [-0.15, -0.1) is 0 Å². The van der Waals surface area contributed by atoms with Crippen molar-refractivity contribution in [3.63, 3.8) is 0 Å². The molecule has 0 radical (unpaired) electrons. The lowest BCUT2D eigenvalue weighted by atomic mass is 9.99. The lowest BCUT2D eigenvalue weighted by Gasteiger charge is -2.29. The van der Waals surface area contributed by atoms with Gasteiger partial charge in [-0.25, -0.2) is 9.59 Å². The molecule has 0 spiro atoms. The average Bonchev–Trinajstić information content (AvgIpc) is 2.44. The minimum absolute atomic E-state index is 0.0615. The molecular weight excluding hydrogens is 260 g/mol. The van der Waals surface area contributed by atoms with E-state index in [1.165, 1.54) is 4.90 Å². The van der Waals surface area contributed by atoms with Gasteiger partial charge in [-0.3, -0.25) is 0 Å². The quantitative estimate of drug-likeness (QED) is 0.779. The van der Waals surface area contributed by atoms with Crippen LogP contribution >= 0.6 is 0 Å². The van der Waals surface area contributed by atoms with Crippen molar-refractivity contribution >= 4 is 12.0 Å². The second-order valence-corrected chi connectivity index (χ2v) is 5.52. The lowest BCUT2D eigenvalue weighted by Crippen LogP contribution is -2.51. The molecule has 0 aromatic carbocycles. The van der Waals surface area contributed by atoms with Gasteiger partial charge < -0.3 is 20.1 Å². The summed E-state index contributed by atoms with van der Waals surface area (Å²) in [5.74, 6) is -1.09. The van der Waals surface area contributed by atoms with Crippen LogP contribution in [0.25, 0.3) is 0 Å². The summed E-state index contributed by atoms with van der Waals surface area (Å²) in [5.41, 5.74) is 0. The Morgan fingerprint density at radius 3 is 2.65 bits per heavy atom. The van der Waals surface area contributed by atoms with Gasteiger partial charge >= 0.3 is 12.0 Å². The molecule has 1 saturated heterocycles. The molecule has 1 aliphatic rings. The number of carboxylic acids is 1. The first kappa shape index (κ1) is 16.8. The van der Waals surface area contributed by atoms with E-state index in [1.807, 2.05) is 13.8 Å². The Hall–Kier alpha value is -1.30. The Labute approximate surface area is 120 Å². The van der Waals surface area contributed by atoms with E-state index in [0.29, 0.717) is 13.0 Å². The van der Waals surface area contributed by atoms with Crippen LogP contribution in [0.4, 0.5) is 4.79 Å². The Morgan fingerprint density at radius 2 is 2.15 bits per heavy atom. The summed E-state index contributed by atoms with van der Waals surface area (Å²) in [6.45, 7) is 4.97. The molecule has 116 valence electrons. The number of rotatable bonds is 6. The molecule has 0 aliphatic carbocycles. The third kappa shape index (κ3) is 5.00. The molecule has 2 N–H and O–H groups in total. The fourth-order valence-electron chi connectivity index (χ4n) is 2.27. The maximum Gasteiger partial charge on any atom is 0.326 e. The topological polar surface area (TPSA) is 78.9 Å². The fraction of sp³-hybridized carbons (Fsp3) is 0.857. The predicted octanol–water partition coefficient (Wildman–Crippen LogP) is 1.70. The summed E-state index contributed by atoms with van der Waals surface area (Å²) in [6, 6.07) is -1.20. The summed E-state index contributed by atoms with van der Waals surface area (Å²) in [6.07, 6.45) is 3.90. The molecule has 0 aromatic rings. The van der Waals surface area contributed by atoms with Gasteiger partial charge in [0.05, 0.1) is 6.10 Å². The number of carbonyl (C=O) groups excluding carboxylic acids is 1. The Kier molecular flexibility index (Phi) is 6.78. The Bertz CT molecular complexity index is 329. The largest absolute Gasteiger partial charge is 0.480 e. The third-order valence-corrected chi connectivity index (χ3v) is 3.86. The summed E-state index contributed by atoms with van der Waals surface area (Å²) >= 11 is 0. The third-order valence-electron chi connectivity index (χ3n) is 3.86. The summed E-state index contributed by atoms with van der Waals surface area (Å²) in [4.78, 5) is 24.7. The minimum atomic E-state index is -0.991. The number of carboxylic acid groups (broad SMARTS) is 1. The van der Waals surface area contributed by atoms with Crippen molar-refractivity contribution in [2.45, 2.75) is 51.7 Å². The number of likely N-dealkylation sites (N-methyl/N-ethyl adjacent to an activating group) is 1. The van der Waals surface area contributed by atoms with Crippen LogP contribution in [-0.2, 0) is 9.53 Å². The van der Waals surface area contributed by atoms with E-state index in [0.717, 1.165) is 25.9 Å². The van der Waals surface area contributed by atoms with E-state index in [2.05, 4.69) is 5.32 Å². The molecule has 2 unspecified atom stereocenters. The maximum atomic E-state index is 12.0. The van der Waals surface area contributed by atoms with Crippen molar-refractivity contribution in [3.8, 4) is 0 Å². The monoisotopic (exact) mass is 286 g/mol. The highest BCUT2D eigenvalue weighted by Gasteiger charge is 2.27. The molecule has 0 aromatic heterocycles. The number of ether oxygens (including phenoxy) is 1. The van der Waals surface area contributed by atoms with Crippen molar-refractivity contribution in [3.05, 3.63) is 0 Å². The van der Waals surface area contributed by atoms with E-state index < -0.39 is 12.0 Å². The zero-order valence-electron chi connectivity index (χ0n) is 12.6. The number of hydrogen-bond donors (Lipinski definition) is 2. The first-order valence-corrected chi connectivity index (χ1v) is 7.31. The van der Waals surface area contributed by atoms with E-state index in [9.17, 15) is 9.59 Å². The molecular formula is C14H26N2O4. The van der Waals surface area contributed by atoms with Crippen LogP contribution in [0.1, 0.15) is 39.5 Å². The summed E-state index contributed by atoms with van der Waals surface area (Å²) in [5, 5.41) is 11.8. The van der Waals surface area contributed by atoms with Crippen LogP contribution in [0.2, 0.25) is 0 Å². The maximum absolute atomic E-state index is 12.0. The van der Waals surface area contributed by atoms with Crippen LogP contribution in [0.15, 0.2) is 0 Å². The van der Waals surface area contributed by atoms with Gasteiger partial charge in [0.1, 0.15) is 6.04 Å². The van der Waals surface area contributed by atoms with Gasteiger partial charge in [-0.2, -0.15) is 0 Å². The average molecular weight is 286 g/mol. The Morgan fingerprint density at radius 1 is 1.45 bits per heavy atom. The summed E-state index contributed by atoms with van der Waals surface area (Å²) in [7, 11) is 1.67. The van der Waals surface area contributed by atoms with Gasteiger partial charge in [0, 0.05) is 20.2 Å². The molecule has 1 fully saturated rings. The molecule has 1 rings (SSSR count). The number of hydrogen-bond acceptors (Lipinski definition) is 3. The highest BCUT2D eigenvalue weighted by Crippen LogP contribution is 2.14. The minimum Gasteiger partial charge on any atom is -0.480 e. The number of nitrogens with one attached hydrogen (secondary N) is 1. The number of amides is 2. The van der Waals surface area contributed by atoms with E-state index in [4.69, 9.17) is 9.84 Å². The van der Waals surface area contributed by atoms with Gasteiger partial charge in [0.2, 0.25) is 0 Å². The first-order chi connectivity index (χ1) is 9.45. The van der Waals surface area contributed by atoms with Gasteiger partial charge in [0.15, 0.2) is 0 Å². The second-order valence-electron chi connectivity index (χ2n) is 5.52. The molecule has 1 heterocycles. The molecule has 3 atom stereocenters. The van der Waals surface area contributed by atoms with Gasteiger partial charge in [-0.1, -0.05) is 20.3 Å². The number of aliphatic carboxylic acids is 1. The highest BCUT2D eigenvalue weighted by atomic mass is 16.5. The second kappa shape index (κ2) is 8.09. The van der Waals surface area contributed by atoms with E-state index >= 15 is 0 Å². The molecule has 2 amide bonds. The molecule has 0 bridgehead atoms. The van der Waals surface area contributed by atoms with Crippen LogP contribution in [0.3, 0.4) is 0 Å². The standard InChI is InChI=1S/C14H26N2O4/c1-4-10(2)12(13(17)18)15-14(19)16(3)9-11-7-5-6-8-20-11/h10-12H,4-9H2,1-3H3,(H,15,19)(H,17,18)/t10?,11?,12-/m0/s1. The highest BCUT2D eigenvalue weighted by molar-refractivity contribution is 5.82. The van der Waals surface area contributed by atoms with Crippen molar-refractivity contribution < 1.29 is 19.4 Å². The van der Waals surface area contributed by atoms with Gasteiger partial charge in [-0.05, 0) is 25.2 Å². The Balaban J connectivity index is 2.48. The molecule has 20 heavy (non-hydrogen) atoms. The lowest BCUT2D eigenvalue weighted by molar-refractivity contribution is -0.140. The summed E-state index contributed by atoms with van der Waals surface area (Å²) < 4.78 is 5.58. The number of carbonyl (C=O) groups is 2. The molecule has 6 nitrogen and oxygen atoms in total. The van der Waals surface area contributed by atoms with Crippen molar-refractivity contribution in [1.82, 2.24) is 10.2 Å². The number of nitrogens with zero attached hydrogens (tertiary/aromatic N) is 1. The SMILES string of the molecule is CCC(C)[C@H](NC(=O)N(C)CC1CCCCO1)C(=O)O. The fourth-order valence-corrected chi connectivity index (χ4v) is 2.27. The molecule has 1 aliphatic heterocycles. The van der Waals surface area contributed by atoms with Crippen LogP contribution in [0.5, 0.6) is 0 Å². The predicted molar refractivity (Wildman–Crippen MR) is 75.6 cm³/mol. The molecule has 0 saturated carbocycles. The smallest absolute Gasteiger partial charge is 0.326 e. The zero-order chi connectivity index (χ0) is 15.1. The van der Waals surface area contributed by atoms with Crippen molar-refractivity contribution in [2.24, 2.45) is 5.92 Å². The molecule has 6 heteroatoms. The normalized spacial score (nSPS) is 21.9. The van der Waals surface area contributed by atoms with Gasteiger partial charge in [0.25, 0.3) is 0 Å². The van der Waals surface area contributed by atoms with Crippen molar-refractivity contribution in [1.29, 1.82) is 0 Å². The number of urea groups is 1. The first-order valence-electron chi connectivity index (χ1n) is 7.31. The van der Waals surface area contributed by atoms with E-state index in [1.54, 1.807) is 7.05 Å². The van der Waals surface area contributed by atoms with Crippen LogP contribution in [-0.4, -0.2) is 54.4 Å². The zero-order valence-corrected chi connectivity index (χ0v) is 12.6.